The molecule has 0 amide bonds. The molecule has 0 fully saturated rings. The van der Waals surface area contributed by atoms with Gasteiger partial charge in [-0.2, -0.15) is 0 Å². The van der Waals surface area contributed by atoms with Gasteiger partial charge >= 0.3 is 0 Å². The highest BCUT2D eigenvalue weighted by Crippen LogP contribution is 2.49. The molecule has 10 nitrogen and oxygen atoms in total. The van der Waals surface area contributed by atoms with E-state index in [2.05, 4.69) is 10.3 Å². The van der Waals surface area contributed by atoms with Crippen molar-refractivity contribution >= 4 is 19.3 Å². The number of carbonyl (C=O) groups is 1. The van der Waals surface area contributed by atoms with E-state index in [0.29, 0.717) is 61.5 Å². The molecule has 242 valence electrons. The predicted molar refractivity (Wildman–Crippen MR) is 178 cm³/mol. The largest absolute Gasteiger partial charge is 0.493 e. The van der Waals surface area contributed by atoms with Crippen LogP contribution in [0.4, 0.5) is 0 Å². The summed E-state index contributed by atoms with van der Waals surface area (Å²) < 4.78 is 24.3. The number of nitrogens with zero attached hydrogens (tertiary/aromatic N) is 3. The van der Waals surface area contributed by atoms with Gasteiger partial charge in [0.15, 0.2) is 17.2 Å². The van der Waals surface area contributed by atoms with Crippen molar-refractivity contribution in [3.63, 3.8) is 0 Å². The summed E-state index contributed by atoms with van der Waals surface area (Å²) in [5.74, 6) is 1.98. The maximum absolute atomic E-state index is 13.2. The predicted octanol–water partition coefficient (Wildman–Crippen LogP) is 4.41. The number of carbonyl (C=O) groups excluding carboxylic acids is 1. The van der Waals surface area contributed by atoms with E-state index in [1.54, 1.807) is 38.1 Å². The van der Waals surface area contributed by atoms with E-state index >= 15 is 0 Å². The van der Waals surface area contributed by atoms with Gasteiger partial charge in [0.1, 0.15) is 5.78 Å². The smallest absolute Gasteiger partial charge is 0.220 e. The van der Waals surface area contributed by atoms with Crippen molar-refractivity contribution in [1.82, 2.24) is 15.0 Å². The molecule has 4 aromatic rings. The van der Waals surface area contributed by atoms with Gasteiger partial charge in [-0.05, 0) is 84.4 Å². The number of ether oxygens (including phenoxy) is 4. The molecule has 1 aliphatic carbocycles. The van der Waals surface area contributed by atoms with E-state index in [4.69, 9.17) is 18.9 Å². The molecular formula is C35H41N3O7Si. The molecule has 0 spiro atoms. The molecule has 1 atom stereocenters. The Labute approximate surface area is 270 Å². The number of ketones is 1. The molecule has 3 aromatic carbocycles. The quantitative estimate of drug-likeness (QED) is 0.224. The van der Waals surface area contributed by atoms with Crippen LogP contribution in [0.1, 0.15) is 47.7 Å². The van der Waals surface area contributed by atoms with Crippen LogP contribution in [0.15, 0.2) is 59.5 Å². The number of hydrogen-bond acceptors (Lipinski definition) is 9. The topological polar surface area (TPSA) is 122 Å². The minimum Gasteiger partial charge on any atom is -0.493 e. The van der Waals surface area contributed by atoms with E-state index in [0.717, 1.165) is 33.0 Å². The lowest BCUT2D eigenvalue weighted by Gasteiger charge is -2.18. The summed E-state index contributed by atoms with van der Waals surface area (Å²) in [6, 6.07) is 14.7. The zero-order valence-corrected chi connectivity index (χ0v) is 28.3. The Hall–Kier alpha value is -4.48. The Kier molecular flexibility index (Phi) is 9.93. The van der Waals surface area contributed by atoms with E-state index in [1.165, 1.54) is 7.11 Å². The minimum absolute atomic E-state index is 0.149. The molecule has 0 saturated heterocycles. The van der Waals surface area contributed by atoms with Crippen LogP contribution in [0.5, 0.6) is 23.0 Å². The lowest BCUT2D eigenvalue weighted by Crippen LogP contribution is -2.41. The first-order valence-electron chi connectivity index (χ1n) is 15.4. The van der Waals surface area contributed by atoms with E-state index in [1.807, 2.05) is 55.7 Å². The van der Waals surface area contributed by atoms with E-state index in [-0.39, 0.29) is 23.0 Å². The average Bonchev–Trinajstić information content (AvgIpc) is 3.38. The monoisotopic (exact) mass is 643 g/mol. The van der Waals surface area contributed by atoms with E-state index in [9.17, 15) is 14.4 Å². The van der Waals surface area contributed by atoms with Crippen LogP contribution in [-0.2, 0) is 24.1 Å². The first kappa shape index (κ1) is 32.9. The first-order chi connectivity index (χ1) is 22.1. The highest BCUT2D eigenvalue weighted by molar-refractivity contribution is 6.83. The molecule has 0 radical (unpaired) electrons. The Morgan fingerprint density at radius 3 is 2.24 bits per heavy atom. The third kappa shape index (κ3) is 6.85. The fourth-order valence-electron chi connectivity index (χ4n) is 6.07. The van der Waals surface area contributed by atoms with Crippen molar-refractivity contribution in [3.05, 3.63) is 87.3 Å². The van der Waals surface area contributed by atoms with Gasteiger partial charge < -0.3 is 23.7 Å². The molecule has 46 heavy (non-hydrogen) atoms. The third-order valence-corrected chi connectivity index (χ3v) is 10.3. The number of benzene rings is 2. The van der Waals surface area contributed by atoms with Gasteiger partial charge in [-0.3, -0.25) is 9.59 Å². The highest BCUT2D eigenvalue weighted by atomic mass is 28.4. The van der Waals surface area contributed by atoms with Gasteiger partial charge in [0.25, 0.3) is 0 Å². The van der Waals surface area contributed by atoms with Crippen molar-refractivity contribution in [2.45, 2.75) is 57.7 Å². The van der Waals surface area contributed by atoms with Crippen molar-refractivity contribution < 1.29 is 28.5 Å². The summed E-state index contributed by atoms with van der Waals surface area (Å²) in [6.45, 7) is 3.78. The number of methoxy groups -OCH3 is 4. The van der Waals surface area contributed by atoms with Crippen LogP contribution in [0.3, 0.4) is 0 Å². The summed E-state index contributed by atoms with van der Waals surface area (Å²) in [4.78, 5) is 36.3. The van der Waals surface area contributed by atoms with Crippen LogP contribution >= 0.6 is 0 Å². The van der Waals surface area contributed by atoms with Gasteiger partial charge in [-0.1, -0.05) is 35.5 Å². The molecule has 1 aliphatic rings. The lowest BCUT2D eigenvalue weighted by molar-refractivity contribution is -0.119. The highest BCUT2D eigenvalue weighted by Gasteiger charge is 2.30. The van der Waals surface area contributed by atoms with Gasteiger partial charge in [0.05, 0.1) is 40.2 Å². The Balaban J connectivity index is 1.39. The molecule has 0 bridgehead atoms. The summed E-state index contributed by atoms with van der Waals surface area (Å²) >= 11 is 0. The normalized spacial score (nSPS) is 14.1. The zero-order valence-electron chi connectivity index (χ0n) is 27.3. The molecule has 1 aromatic heterocycles. The fourth-order valence-corrected chi connectivity index (χ4v) is 7.05. The number of rotatable bonds is 12. The van der Waals surface area contributed by atoms with Crippen LogP contribution in [0, 0.1) is 0 Å². The fraction of sp³-hybridized carbons (Fsp3) is 0.371. The second-order valence-electron chi connectivity index (χ2n) is 12.0. The summed E-state index contributed by atoms with van der Waals surface area (Å²) in [5.41, 5.74) is 4.93. The van der Waals surface area contributed by atoms with Crippen molar-refractivity contribution in [2.24, 2.45) is 0 Å². The molecule has 5 rings (SSSR count). The van der Waals surface area contributed by atoms with Crippen molar-refractivity contribution in [1.29, 1.82) is 0 Å². The number of aryl methyl sites for hydroxylation is 2. The summed E-state index contributed by atoms with van der Waals surface area (Å²) in [5, 5.41) is 9.85. The molecule has 1 heterocycles. The summed E-state index contributed by atoms with van der Waals surface area (Å²) in [6.07, 6.45) is 4.98. The number of aromatic nitrogens is 3. The molecular weight excluding hydrogens is 602 g/mol. The maximum Gasteiger partial charge on any atom is 0.220 e. The molecule has 1 N–H and O–H groups in total. The SMILES string of the molecule is COc1cc2c(c(OC)c1OC)CC[C@H](n1cc(CCC(=O)CCc3ccc([Si](C)(C)O)cc3)nn1)c1cc(=O)c(OC)ccc1-2. The molecule has 0 saturated carbocycles. The number of Topliss-reactive ketones (excluding diaryl/α,β-unsaturated/α-hetero) is 1. The zero-order chi connectivity index (χ0) is 33.0. The molecule has 11 heteroatoms. The minimum atomic E-state index is -2.34. The number of hydrogen-bond donors (Lipinski definition) is 1. The average molecular weight is 644 g/mol. The molecule has 0 aliphatic heterocycles. The van der Waals surface area contributed by atoms with Crippen LogP contribution < -0.4 is 29.6 Å². The third-order valence-electron chi connectivity index (χ3n) is 8.60. The first-order valence-corrected chi connectivity index (χ1v) is 18.3. The Morgan fingerprint density at radius 1 is 0.891 bits per heavy atom. The van der Waals surface area contributed by atoms with Gasteiger partial charge in [-0.25, -0.2) is 4.68 Å². The Bertz CT molecular complexity index is 1780. The van der Waals surface area contributed by atoms with Crippen molar-refractivity contribution in [2.75, 3.05) is 28.4 Å². The van der Waals surface area contributed by atoms with Gasteiger partial charge in [-0.15, -0.1) is 5.10 Å². The van der Waals surface area contributed by atoms with Gasteiger partial charge in [0, 0.05) is 24.6 Å². The lowest BCUT2D eigenvalue weighted by atomic mass is 9.96. The van der Waals surface area contributed by atoms with Crippen molar-refractivity contribution in [3.8, 4) is 34.1 Å². The molecule has 0 unspecified atom stereocenters. The van der Waals surface area contributed by atoms with Crippen LogP contribution in [0.25, 0.3) is 11.1 Å². The maximum atomic E-state index is 13.2. The van der Waals surface area contributed by atoms with Crippen LogP contribution in [-0.4, -0.2) is 62.3 Å². The second kappa shape index (κ2) is 13.9. The Morgan fingerprint density at radius 2 is 1.59 bits per heavy atom. The second-order valence-corrected chi connectivity index (χ2v) is 15.7. The van der Waals surface area contributed by atoms with E-state index < -0.39 is 8.32 Å². The standard InChI is InChI=1S/C35H41N3O7Si/c1-42-32-18-16-26-28-20-33(43-2)35(45-4)34(44-3)27(28)15-17-30(29(26)19-31(32)40)38-21-23(36-37-38)10-12-24(39)11-7-22-8-13-25(14-9-22)46(5,6)41/h8-9,13-14,16,18-21,30,41H,7,10-12,15,17H2,1-6H3/t30-/m0/s1. The van der Waals surface area contributed by atoms with Crippen LogP contribution in [0.2, 0.25) is 13.1 Å². The van der Waals surface area contributed by atoms with Gasteiger partial charge in [0.2, 0.25) is 19.5 Å². The number of fused-ring (bicyclic) bond motifs is 3. The summed E-state index contributed by atoms with van der Waals surface area (Å²) in [7, 11) is 3.89.